The third kappa shape index (κ3) is 6.88. The van der Waals surface area contributed by atoms with Crippen molar-refractivity contribution in [2.45, 2.75) is 57.7 Å². The summed E-state index contributed by atoms with van der Waals surface area (Å²) in [5.74, 6) is 0. The predicted octanol–water partition coefficient (Wildman–Crippen LogP) is 1.70. The van der Waals surface area contributed by atoms with E-state index in [0.29, 0.717) is 6.10 Å². The van der Waals surface area contributed by atoms with Crippen molar-refractivity contribution in [3.63, 3.8) is 0 Å². The van der Waals surface area contributed by atoms with Gasteiger partial charge in [0.1, 0.15) is 0 Å². The van der Waals surface area contributed by atoms with Gasteiger partial charge < -0.3 is 15.2 Å². The van der Waals surface area contributed by atoms with E-state index in [1.807, 2.05) is 6.92 Å². The lowest BCUT2D eigenvalue weighted by Crippen LogP contribution is -2.19. The molecule has 0 aliphatic carbocycles. The molecule has 1 aliphatic heterocycles. The Kier molecular flexibility index (Phi) is 6.98. The highest BCUT2D eigenvalue weighted by molar-refractivity contribution is 4.65. The van der Waals surface area contributed by atoms with E-state index in [-0.39, 0.29) is 6.10 Å². The van der Waals surface area contributed by atoms with E-state index in [1.165, 1.54) is 25.7 Å². The van der Waals surface area contributed by atoms with Gasteiger partial charge in [0.05, 0.1) is 12.2 Å². The number of ether oxygens (including phenoxy) is 1. The number of hydrogen-bond donors (Lipinski definition) is 2. The quantitative estimate of drug-likeness (QED) is 0.606. The fraction of sp³-hybridized carbons (Fsp3) is 1.00. The second kappa shape index (κ2) is 8.08. The van der Waals surface area contributed by atoms with Crippen LogP contribution < -0.4 is 5.32 Å². The molecule has 0 amide bonds. The standard InChI is InChI=1S/C12H25NO2/c1-11(14)5-2-8-13-9-3-6-12-7-4-10-15-12/h11-14H,2-10H2,1H3. The van der Waals surface area contributed by atoms with E-state index >= 15 is 0 Å². The number of hydrogen-bond acceptors (Lipinski definition) is 3. The molecular formula is C12H25NO2. The fourth-order valence-electron chi connectivity index (χ4n) is 1.97. The topological polar surface area (TPSA) is 41.5 Å². The van der Waals surface area contributed by atoms with Crippen LogP contribution in [-0.4, -0.2) is 37.0 Å². The highest BCUT2D eigenvalue weighted by Crippen LogP contribution is 2.16. The molecule has 90 valence electrons. The van der Waals surface area contributed by atoms with Crippen molar-refractivity contribution in [3.8, 4) is 0 Å². The fourth-order valence-corrected chi connectivity index (χ4v) is 1.97. The SMILES string of the molecule is CC(O)CCCNCCCC1CCCO1. The molecule has 1 fully saturated rings. The van der Waals surface area contributed by atoms with Gasteiger partial charge in [0.15, 0.2) is 0 Å². The first kappa shape index (κ1) is 12.9. The number of rotatable bonds is 8. The van der Waals surface area contributed by atoms with Crippen LogP contribution in [0.1, 0.15) is 45.4 Å². The zero-order valence-electron chi connectivity index (χ0n) is 9.87. The van der Waals surface area contributed by atoms with Gasteiger partial charge in [-0.2, -0.15) is 0 Å². The Hall–Kier alpha value is -0.120. The lowest BCUT2D eigenvalue weighted by molar-refractivity contribution is 0.102. The van der Waals surface area contributed by atoms with Crippen LogP contribution in [0.2, 0.25) is 0 Å². The first-order valence-electron chi connectivity index (χ1n) is 6.29. The van der Waals surface area contributed by atoms with Gasteiger partial charge in [-0.1, -0.05) is 0 Å². The van der Waals surface area contributed by atoms with Crippen LogP contribution in [0.5, 0.6) is 0 Å². The normalized spacial score (nSPS) is 23.2. The third-order valence-electron chi connectivity index (χ3n) is 2.88. The van der Waals surface area contributed by atoms with E-state index in [4.69, 9.17) is 9.84 Å². The first-order valence-corrected chi connectivity index (χ1v) is 6.29. The predicted molar refractivity (Wildman–Crippen MR) is 62.0 cm³/mol. The van der Waals surface area contributed by atoms with Gasteiger partial charge >= 0.3 is 0 Å². The molecule has 3 heteroatoms. The molecule has 2 unspecified atom stereocenters. The van der Waals surface area contributed by atoms with Gasteiger partial charge in [-0.15, -0.1) is 0 Å². The highest BCUT2D eigenvalue weighted by atomic mass is 16.5. The Morgan fingerprint density at radius 3 is 2.87 bits per heavy atom. The van der Waals surface area contributed by atoms with E-state index in [9.17, 15) is 0 Å². The van der Waals surface area contributed by atoms with Crippen LogP contribution in [0.3, 0.4) is 0 Å². The van der Waals surface area contributed by atoms with Crippen molar-refractivity contribution < 1.29 is 9.84 Å². The maximum atomic E-state index is 9.05. The van der Waals surface area contributed by atoms with Crippen LogP contribution in [0.15, 0.2) is 0 Å². The smallest absolute Gasteiger partial charge is 0.0576 e. The Morgan fingerprint density at radius 1 is 1.40 bits per heavy atom. The largest absolute Gasteiger partial charge is 0.393 e. The minimum absolute atomic E-state index is 0.154. The zero-order valence-corrected chi connectivity index (χ0v) is 9.87. The average Bonchev–Trinajstić information content (AvgIpc) is 2.68. The molecule has 0 radical (unpaired) electrons. The van der Waals surface area contributed by atoms with Gasteiger partial charge in [0.2, 0.25) is 0 Å². The number of nitrogens with one attached hydrogen (secondary N) is 1. The van der Waals surface area contributed by atoms with Crippen molar-refractivity contribution in [3.05, 3.63) is 0 Å². The molecular weight excluding hydrogens is 190 g/mol. The van der Waals surface area contributed by atoms with Crippen LogP contribution in [-0.2, 0) is 4.74 Å². The summed E-state index contributed by atoms with van der Waals surface area (Å²) in [5, 5.41) is 12.5. The van der Waals surface area contributed by atoms with Gasteiger partial charge in [-0.05, 0) is 58.5 Å². The summed E-state index contributed by atoms with van der Waals surface area (Å²) in [7, 11) is 0. The van der Waals surface area contributed by atoms with E-state index in [1.54, 1.807) is 0 Å². The average molecular weight is 215 g/mol. The van der Waals surface area contributed by atoms with E-state index in [0.717, 1.165) is 32.5 Å². The van der Waals surface area contributed by atoms with Crippen LogP contribution in [0.4, 0.5) is 0 Å². The maximum Gasteiger partial charge on any atom is 0.0576 e. The van der Waals surface area contributed by atoms with Gasteiger partial charge in [-0.3, -0.25) is 0 Å². The summed E-state index contributed by atoms with van der Waals surface area (Å²) in [6.07, 6.45) is 7.25. The molecule has 0 bridgehead atoms. The summed E-state index contributed by atoms with van der Waals surface area (Å²) in [5.41, 5.74) is 0. The van der Waals surface area contributed by atoms with Gasteiger partial charge in [-0.25, -0.2) is 0 Å². The molecule has 1 saturated heterocycles. The van der Waals surface area contributed by atoms with E-state index < -0.39 is 0 Å². The van der Waals surface area contributed by atoms with Crippen molar-refractivity contribution in [2.75, 3.05) is 19.7 Å². The molecule has 1 rings (SSSR count). The minimum atomic E-state index is -0.154. The van der Waals surface area contributed by atoms with Crippen molar-refractivity contribution in [1.82, 2.24) is 5.32 Å². The zero-order chi connectivity index (χ0) is 10.9. The molecule has 0 aromatic carbocycles. The molecule has 1 aliphatic rings. The summed E-state index contributed by atoms with van der Waals surface area (Å²) in [4.78, 5) is 0. The summed E-state index contributed by atoms with van der Waals surface area (Å²) >= 11 is 0. The molecule has 0 spiro atoms. The van der Waals surface area contributed by atoms with Gasteiger partial charge in [0.25, 0.3) is 0 Å². The Labute approximate surface area is 93.2 Å². The monoisotopic (exact) mass is 215 g/mol. The van der Waals surface area contributed by atoms with Crippen LogP contribution in [0.25, 0.3) is 0 Å². The molecule has 15 heavy (non-hydrogen) atoms. The van der Waals surface area contributed by atoms with Gasteiger partial charge in [0, 0.05) is 6.61 Å². The molecule has 0 saturated carbocycles. The molecule has 0 aromatic heterocycles. The Morgan fingerprint density at radius 2 is 2.20 bits per heavy atom. The lowest BCUT2D eigenvalue weighted by Gasteiger charge is -2.09. The first-order chi connectivity index (χ1) is 7.29. The highest BCUT2D eigenvalue weighted by Gasteiger charge is 2.14. The lowest BCUT2D eigenvalue weighted by atomic mass is 10.1. The van der Waals surface area contributed by atoms with Crippen molar-refractivity contribution in [2.24, 2.45) is 0 Å². The summed E-state index contributed by atoms with van der Waals surface area (Å²) < 4.78 is 5.55. The second-order valence-electron chi connectivity index (χ2n) is 4.52. The molecule has 1 heterocycles. The third-order valence-corrected chi connectivity index (χ3v) is 2.88. The summed E-state index contributed by atoms with van der Waals surface area (Å²) in [6, 6.07) is 0. The van der Waals surface area contributed by atoms with Crippen LogP contribution in [0, 0.1) is 0 Å². The van der Waals surface area contributed by atoms with Crippen molar-refractivity contribution >= 4 is 0 Å². The molecule has 2 atom stereocenters. The molecule has 3 nitrogen and oxygen atoms in total. The number of aliphatic hydroxyl groups excluding tert-OH is 1. The molecule has 0 aromatic rings. The van der Waals surface area contributed by atoms with E-state index in [2.05, 4.69) is 5.32 Å². The Bertz CT molecular complexity index is 145. The van der Waals surface area contributed by atoms with Crippen molar-refractivity contribution in [1.29, 1.82) is 0 Å². The summed E-state index contributed by atoms with van der Waals surface area (Å²) in [6.45, 7) is 4.92. The minimum Gasteiger partial charge on any atom is -0.393 e. The second-order valence-corrected chi connectivity index (χ2v) is 4.52. The maximum absolute atomic E-state index is 9.05. The molecule has 2 N–H and O–H groups in total. The number of aliphatic hydroxyl groups is 1. The van der Waals surface area contributed by atoms with Crippen LogP contribution >= 0.6 is 0 Å². The Balaban J connectivity index is 1.76.